The highest BCUT2D eigenvalue weighted by molar-refractivity contribution is 5.95. The number of nitrogens with zero attached hydrogens (tertiary/aromatic N) is 2. The Balaban J connectivity index is 2.13. The van der Waals surface area contributed by atoms with E-state index in [1.54, 1.807) is 0 Å². The fraction of sp³-hybridized carbons (Fsp3) is 0.400. The normalized spacial score (nSPS) is 13.7. The molecule has 112 valence electrons. The molecule has 0 aliphatic rings. The molecule has 0 bridgehead atoms. The second-order valence-electron chi connectivity index (χ2n) is 5.17. The van der Waals surface area contributed by atoms with E-state index in [-0.39, 0.29) is 11.8 Å². The molecule has 0 saturated carbocycles. The number of nitrogens with two attached hydrogens (primary N) is 1. The second kappa shape index (κ2) is 6.49. The molecule has 1 aromatic carbocycles. The van der Waals surface area contributed by atoms with Crippen LogP contribution >= 0.6 is 0 Å². The van der Waals surface area contributed by atoms with Crippen LogP contribution in [-0.4, -0.2) is 22.1 Å². The van der Waals surface area contributed by atoms with Gasteiger partial charge in [-0.05, 0) is 36.6 Å². The number of carbonyl (C=O) groups excluding carboxylic acids is 1. The quantitative estimate of drug-likeness (QED) is 0.880. The monoisotopic (exact) mass is 288 g/mol. The van der Waals surface area contributed by atoms with E-state index in [2.05, 4.69) is 15.5 Å². The lowest BCUT2D eigenvalue weighted by atomic mass is 9.99. The number of hydrogen-bond acceptors (Lipinski definition) is 5. The Morgan fingerprint density at radius 3 is 2.81 bits per heavy atom. The number of carbonyl (C=O) groups is 1. The molecule has 1 aromatic heterocycles. The molecule has 2 aromatic rings. The minimum Gasteiger partial charge on any atom is -0.423 e. The van der Waals surface area contributed by atoms with Crippen molar-refractivity contribution in [2.24, 2.45) is 11.7 Å². The second-order valence-corrected chi connectivity index (χ2v) is 5.17. The molecule has 6 heteroatoms. The fourth-order valence-corrected chi connectivity index (χ4v) is 1.96. The summed E-state index contributed by atoms with van der Waals surface area (Å²) in [5, 5.41) is 10.4. The molecule has 2 atom stereocenters. The first-order chi connectivity index (χ1) is 10.0. The molecule has 0 aliphatic heterocycles. The van der Waals surface area contributed by atoms with Crippen molar-refractivity contribution in [3.05, 3.63) is 30.2 Å². The Morgan fingerprint density at radius 1 is 1.48 bits per heavy atom. The summed E-state index contributed by atoms with van der Waals surface area (Å²) in [6.45, 7) is 5.89. The van der Waals surface area contributed by atoms with Crippen LogP contribution in [0.25, 0.3) is 11.5 Å². The Hall–Kier alpha value is -2.21. The summed E-state index contributed by atoms with van der Waals surface area (Å²) in [5.74, 6) is 0.424. The number of anilines is 1. The van der Waals surface area contributed by atoms with Crippen LogP contribution < -0.4 is 11.1 Å². The standard InChI is InChI=1S/C15H20N4O2/c1-4-9(2)13(16)14(20)18-12-6-5-11(7-10(12)3)15-19-17-8-21-15/h5-9,13H,4,16H2,1-3H3,(H,18,20)/t9?,13-/m0/s1. The van der Waals surface area contributed by atoms with Crippen LogP contribution in [0.5, 0.6) is 0 Å². The summed E-state index contributed by atoms with van der Waals surface area (Å²) in [6, 6.07) is 5.02. The van der Waals surface area contributed by atoms with Crippen LogP contribution in [0, 0.1) is 12.8 Å². The third-order valence-electron chi connectivity index (χ3n) is 3.65. The van der Waals surface area contributed by atoms with Gasteiger partial charge < -0.3 is 15.5 Å². The van der Waals surface area contributed by atoms with Gasteiger partial charge in [-0.2, -0.15) is 0 Å². The Morgan fingerprint density at radius 2 is 2.24 bits per heavy atom. The van der Waals surface area contributed by atoms with E-state index in [1.807, 2.05) is 39.0 Å². The van der Waals surface area contributed by atoms with Gasteiger partial charge in [-0.1, -0.05) is 20.3 Å². The van der Waals surface area contributed by atoms with Crippen molar-refractivity contribution < 1.29 is 9.21 Å². The number of nitrogens with one attached hydrogen (secondary N) is 1. The minimum absolute atomic E-state index is 0.142. The molecule has 2 rings (SSSR count). The average molecular weight is 288 g/mol. The molecule has 1 unspecified atom stereocenters. The van der Waals surface area contributed by atoms with Crippen molar-refractivity contribution in [1.29, 1.82) is 0 Å². The van der Waals surface area contributed by atoms with Gasteiger partial charge in [0.25, 0.3) is 0 Å². The van der Waals surface area contributed by atoms with E-state index in [0.29, 0.717) is 5.89 Å². The number of hydrogen-bond donors (Lipinski definition) is 2. The van der Waals surface area contributed by atoms with E-state index in [1.165, 1.54) is 6.39 Å². The summed E-state index contributed by atoms with van der Waals surface area (Å²) in [5.41, 5.74) is 8.40. The van der Waals surface area contributed by atoms with Crippen LogP contribution in [0.3, 0.4) is 0 Å². The Kier molecular flexibility index (Phi) is 4.70. The maximum absolute atomic E-state index is 12.1. The predicted octanol–water partition coefficient (Wildman–Crippen LogP) is 2.36. The largest absolute Gasteiger partial charge is 0.423 e. The first-order valence-corrected chi connectivity index (χ1v) is 6.96. The molecule has 1 amide bonds. The molecular weight excluding hydrogens is 268 g/mol. The van der Waals surface area contributed by atoms with Gasteiger partial charge in [0.1, 0.15) is 0 Å². The van der Waals surface area contributed by atoms with Gasteiger partial charge in [-0.15, -0.1) is 10.2 Å². The summed E-state index contributed by atoms with van der Waals surface area (Å²) >= 11 is 0. The Labute approximate surface area is 123 Å². The number of aromatic nitrogens is 2. The smallest absolute Gasteiger partial charge is 0.247 e. The maximum atomic E-state index is 12.1. The molecular formula is C15H20N4O2. The first-order valence-electron chi connectivity index (χ1n) is 6.96. The van der Waals surface area contributed by atoms with E-state index in [9.17, 15) is 4.79 Å². The van der Waals surface area contributed by atoms with E-state index < -0.39 is 6.04 Å². The van der Waals surface area contributed by atoms with Gasteiger partial charge in [-0.3, -0.25) is 4.79 Å². The zero-order valence-electron chi connectivity index (χ0n) is 12.5. The molecule has 0 fully saturated rings. The van der Waals surface area contributed by atoms with Crippen molar-refractivity contribution >= 4 is 11.6 Å². The lowest BCUT2D eigenvalue weighted by Gasteiger charge is -2.18. The summed E-state index contributed by atoms with van der Waals surface area (Å²) in [7, 11) is 0. The maximum Gasteiger partial charge on any atom is 0.247 e. The van der Waals surface area contributed by atoms with Crippen LogP contribution in [0.15, 0.2) is 29.0 Å². The lowest BCUT2D eigenvalue weighted by Crippen LogP contribution is -2.40. The van der Waals surface area contributed by atoms with Crippen molar-refractivity contribution in [3.8, 4) is 11.5 Å². The number of rotatable bonds is 5. The van der Waals surface area contributed by atoms with Crippen molar-refractivity contribution in [1.82, 2.24) is 10.2 Å². The van der Waals surface area contributed by atoms with Crippen LogP contribution in [0.1, 0.15) is 25.8 Å². The van der Waals surface area contributed by atoms with Gasteiger partial charge in [0.2, 0.25) is 18.2 Å². The zero-order chi connectivity index (χ0) is 15.4. The van der Waals surface area contributed by atoms with Gasteiger partial charge >= 0.3 is 0 Å². The van der Waals surface area contributed by atoms with Crippen LogP contribution in [0.2, 0.25) is 0 Å². The number of amides is 1. The molecule has 0 aliphatic carbocycles. The molecule has 21 heavy (non-hydrogen) atoms. The topological polar surface area (TPSA) is 94.0 Å². The lowest BCUT2D eigenvalue weighted by molar-refractivity contribution is -0.118. The molecule has 0 saturated heterocycles. The van der Waals surface area contributed by atoms with Crippen LogP contribution in [0.4, 0.5) is 5.69 Å². The molecule has 3 N–H and O–H groups in total. The van der Waals surface area contributed by atoms with Gasteiger partial charge in [0.15, 0.2) is 0 Å². The average Bonchev–Trinajstić information content (AvgIpc) is 3.01. The summed E-state index contributed by atoms with van der Waals surface area (Å²) in [4.78, 5) is 12.1. The minimum atomic E-state index is -0.509. The predicted molar refractivity (Wildman–Crippen MR) is 80.5 cm³/mol. The highest BCUT2D eigenvalue weighted by Crippen LogP contribution is 2.23. The van der Waals surface area contributed by atoms with Crippen molar-refractivity contribution in [2.45, 2.75) is 33.2 Å². The van der Waals surface area contributed by atoms with Crippen molar-refractivity contribution in [3.63, 3.8) is 0 Å². The highest BCUT2D eigenvalue weighted by atomic mass is 16.4. The van der Waals surface area contributed by atoms with Gasteiger partial charge in [-0.25, -0.2) is 0 Å². The van der Waals surface area contributed by atoms with E-state index >= 15 is 0 Å². The molecule has 0 radical (unpaired) electrons. The summed E-state index contributed by atoms with van der Waals surface area (Å²) < 4.78 is 5.15. The van der Waals surface area contributed by atoms with Crippen molar-refractivity contribution in [2.75, 3.05) is 5.32 Å². The first kappa shape index (κ1) is 15.2. The third kappa shape index (κ3) is 3.46. The van der Waals surface area contributed by atoms with Gasteiger partial charge in [0.05, 0.1) is 6.04 Å². The highest BCUT2D eigenvalue weighted by Gasteiger charge is 2.20. The fourth-order valence-electron chi connectivity index (χ4n) is 1.96. The van der Waals surface area contributed by atoms with E-state index in [0.717, 1.165) is 23.2 Å². The Bertz CT molecular complexity index is 610. The zero-order valence-corrected chi connectivity index (χ0v) is 12.5. The van der Waals surface area contributed by atoms with Gasteiger partial charge in [0, 0.05) is 11.3 Å². The number of aryl methyl sites for hydroxylation is 1. The number of benzene rings is 1. The SMILES string of the molecule is CCC(C)[C@H](N)C(=O)Nc1ccc(-c2nnco2)cc1C. The molecule has 0 spiro atoms. The van der Waals surface area contributed by atoms with Crippen LogP contribution in [-0.2, 0) is 4.79 Å². The van der Waals surface area contributed by atoms with E-state index in [4.69, 9.17) is 10.2 Å². The summed E-state index contributed by atoms with van der Waals surface area (Å²) in [6.07, 6.45) is 2.15. The molecule has 1 heterocycles. The molecule has 6 nitrogen and oxygen atoms in total. The third-order valence-corrected chi connectivity index (χ3v) is 3.65.